The van der Waals surface area contributed by atoms with E-state index in [4.69, 9.17) is 9.47 Å². The van der Waals surface area contributed by atoms with Crippen molar-refractivity contribution in [3.05, 3.63) is 65.5 Å². The van der Waals surface area contributed by atoms with Crippen molar-refractivity contribution in [1.82, 2.24) is 4.90 Å². The van der Waals surface area contributed by atoms with Crippen molar-refractivity contribution in [3.63, 3.8) is 0 Å². The Morgan fingerprint density at radius 2 is 1.90 bits per heavy atom. The topological polar surface area (TPSA) is 65.1 Å². The van der Waals surface area contributed by atoms with Gasteiger partial charge in [0.15, 0.2) is 18.1 Å². The van der Waals surface area contributed by atoms with E-state index in [0.717, 1.165) is 0 Å². The molecule has 0 saturated carbocycles. The Kier molecular flexibility index (Phi) is 8.21. The van der Waals surface area contributed by atoms with E-state index in [1.807, 2.05) is 6.92 Å². The van der Waals surface area contributed by atoms with Crippen molar-refractivity contribution < 1.29 is 28.2 Å². The van der Waals surface area contributed by atoms with Crippen LogP contribution in [0.1, 0.15) is 18.1 Å². The number of carbonyl (C=O) groups excluding carboxylic acids is 2. The molecule has 0 bridgehead atoms. The molecule has 0 fully saturated rings. The van der Waals surface area contributed by atoms with E-state index < -0.39 is 5.97 Å². The maximum absolute atomic E-state index is 13.4. The maximum Gasteiger partial charge on any atom is 0.330 e. The molecule has 2 rings (SSSR count). The van der Waals surface area contributed by atoms with Crippen LogP contribution in [0.3, 0.4) is 0 Å². The number of rotatable bonds is 9. The summed E-state index contributed by atoms with van der Waals surface area (Å²) in [4.78, 5) is 25.3. The summed E-state index contributed by atoms with van der Waals surface area (Å²) in [5.74, 6) is -0.203. The lowest BCUT2D eigenvalue weighted by atomic mass is 10.2. The molecule has 0 saturated heterocycles. The second-order valence-corrected chi connectivity index (χ2v) is 6.09. The van der Waals surface area contributed by atoms with E-state index >= 15 is 0 Å². The molecule has 0 heterocycles. The Labute approximate surface area is 169 Å². The van der Waals surface area contributed by atoms with Gasteiger partial charge in [-0.1, -0.05) is 18.2 Å². The number of methoxy groups -OCH3 is 2. The average molecular weight is 401 g/mol. The smallest absolute Gasteiger partial charge is 0.330 e. The predicted molar refractivity (Wildman–Crippen MR) is 107 cm³/mol. The van der Waals surface area contributed by atoms with Gasteiger partial charge in [-0.05, 0) is 48.4 Å². The van der Waals surface area contributed by atoms with Gasteiger partial charge in [-0.2, -0.15) is 0 Å². The van der Waals surface area contributed by atoms with E-state index in [1.165, 1.54) is 32.4 Å². The summed E-state index contributed by atoms with van der Waals surface area (Å²) in [5.41, 5.74) is 1.42. The van der Waals surface area contributed by atoms with Crippen LogP contribution in [0.5, 0.6) is 11.5 Å². The predicted octanol–water partition coefficient (Wildman–Crippen LogP) is 3.45. The van der Waals surface area contributed by atoms with Crippen LogP contribution in [0, 0.1) is 5.82 Å². The molecule has 6 nitrogen and oxygen atoms in total. The van der Waals surface area contributed by atoms with E-state index in [0.29, 0.717) is 35.7 Å². The van der Waals surface area contributed by atoms with E-state index in [1.54, 1.807) is 41.3 Å². The number of hydrogen-bond acceptors (Lipinski definition) is 5. The van der Waals surface area contributed by atoms with Crippen LogP contribution in [0.15, 0.2) is 48.5 Å². The monoisotopic (exact) mass is 401 g/mol. The second kappa shape index (κ2) is 10.8. The summed E-state index contributed by atoms with van der Waals surface area (Å²) < 4.78 is 28.8. The highest BCUT2D eigenvalue weighted by atomic mass is 19.1. The molecule has 0 radical (unpaired) electrons. The van der Waals surface area contributed by atoms with Gasteiger partial charge in [-0.15, -0.1) is 0 Å². The fourth-order valence-electron chi connectivity index (χ4n) is 2.60. The molecule has 2 aromatic rings. The van der Waals surface area contributed by atoms with Crippen molar-refractivity contribution in [2.75, 3.05) is 27.4 Å². The highest BCUT2D eigenvalue weighted by Gasteiger charge is 2.15. The second-order valence-electron chi connectivity index (χ2n) is 6.09. The molecule has 154 valence electrons. The maximum atomic E-state index is 13.4. The van der Waals surface area contributed by atoms with Crippen LogP contribution in [0.4, 0.5) is 4.39 Å². The molecule has 0 spiro atoms. The molecule has 1 amide bonds. The van der Waals surface area contributed by atoms with Crippen LogP contribution < -0.4 is 9.47 Å². The van der Waals surface area contributed by atoms with E-state index in [-0.39, 0.29) is 18.3 Å². The number of halogens is 1. The molecule has 0 aromatic heterocycles. The average Bonchev–Trinajstić information content (AvgIpc) is 2.74. The molecule has 2 aromatic carbocycles. The minimum absolute atomic E-state index is 0.184. The third-order valence-corrected chi connectivity index (χ3v) is 4.15. The molecular weight excluding hydrogens is 377 g/mol. The zero-order chi connectivity index (χ0) is 21.2. The van der Waals surface area contributed by atoms with E-state index in [9.17, 15) is 14.0 Å². The highest BCUT2D eigenvalue weighted by Crippen LogP contribution is 2.28. The quantitative estimate of drug-likeness (QED) is 0.476. The fourth-order valence-corrected chi connectivity index (χ4v) is 2.60. The van der Waals surface area contributed by atoms with Crippen molar-refractivity contribution in [1.29, 1.82) is 0 Å². The van der Waals surface area contributed by atoms with Crippen LogP contribution >= 0.6 is 0 Å². The van der Waals surface area contributed by atoms with Crippen LogP contribution in [-0.4, -0.2) is 44.1 Å². The first kappa shape index (κ1) is 21.9. The Morgan fingerprint density at radius 1 is 1.10 bits per heavy atom. The van der Waals surface area contributed by atoms with Gasteiger partial charge < -0.3 is 19.1 Å². The van der Waals surface area contributed by atoms with Crippen LogP contribution in [0.25, 0.3) is 6.08 Å². The zero-order valence-electron chi connectivity index (χ0n) is 16.7. The van der Waals surface area contributed by atoms with Gasteiger partial charge in [0.1, 0.15) is 5.82 Å². The number of benzene rings is 2. The molecule has 29 heavy (non-hydrogen) atoms. The summed E-state index contributed by atoms with van der Waals surface area (Å²) in [6.07, 6.45) is 2.88. The Hall–Kier alpha value is -3.35. The minimum Gasteiger partial charge on any atom is -0.493 e. The number of esters is 1. The lowest BCUT2D eigenvalue weighted by Gasteiger charge is -2.21. The Balaban J connectivity index is 2.02. The zero-order valence-corrected chi connectivity index (χ0v) is 16.7. The first-order chi connectivity index (χ1) is 14.0. The number of amides is 1. The molecule has 0 aliphatic heterocycles. The number of hydrogen-bond donors (Lipinski definition) is 0. The number of carbonyl (C=O) groups is 2. The molecule has 0 unspecified atom stereocenters. The van der Waals surface area contributed by atoms with Crippen molar-refractivity contribution >= 4 is 18.0 Å². The summed E-state index contributed by atoms with van der Waals surface area (Å²) >= 11 is 0. The van der Waals surface area contributed by atoms with Gasteiger partial charge in [0.2, 0.25) is 0 Å². The van der Waals surface area contributed by atoms with Gasteiger partial charge >= 0.3 is 5.97 Å². The van der Waals surface area contributed by atoms with Gasteiger partial charge in [0.25, 0.3) is 5.91 Å². The molecule has 7 heteroatoms. The minimum atomic E-state index is -0.465. The van der Waals surface area contributed by atoms with Crippen molar-refractivity contribution in [2.24, 2.45) is 0 Å². The summed E-state index contributed by atoms with van der Waals surface area (Å²) in [6, 6.07) is 11.2. The van der Waals surface area contributed by atoms with Gasteiger partial charge in [0, 0.05) is 19.2 Å². The van der Waals surface area contributed by atoms with Gasteiger partial charge in [-0.3, -0.25) is 4.79 Å². The van der Waals surface area contributed by atoms with Crippen LogP contribution in [-0.2, 0) is 20.9 Å². The SMILES string of the molecule is CCN(Cc1cccc(F)c1)C(=O)COc1ccc(/C=C/C(=O)OC)cc1OC. The van der Waals surface area contributed by atoms with E-state index in [2.05, 4.69) is 4.74 Å². The summed E-state index contributed by atoms with van der Waals surface area (Å²) in [6.45, 7) is 2.43. The number of likely N-dealkylation sites (N-methyl/N-ethyl adjacent to an activating group) is 1. The standard InChI is InChI=1S/C22H24FNO5/c1-4-24(14-17-6-5-7-18(23)12-17)21(25)15-29-19-10-8-16(13-20(19)27-2)9-11-22(26)28-3/h5-13H,4,14-15H2,1-3H3/b11-9+. The lowest BCUT2D eigenvalue weighted by Crippen LogP contribution is -2.34. The molecule has 0 aliphatic carbocycles. The lowest BCUT2D eigenvalue weighted by molar-refractivity contribution is -0.135. The van der Waals surface area contributed by atoms with Crippen molar-refractivity contribution in [3.8, 4) is 11.5 Å². The Morgan fingerprint density at radius 3 is 2.55 bits per heavy atom. The molecular formula is C22H24FNO5. The normalized spacial score (nSPS) is 10.6. The van der Waals surface area contributed by atoms with Crippen molar-refractivity contribution in [2.45, 2.75) is 13.5 Å². The molecule has 0 N–H and O–H groups in total. The third-order valence-electron chi connectivity index (χ3n) is 4.15. The highest BCUT2D eigenvalue weighted by molar-refractivity contribution is 5.87. The Bertz CT molecular complexity index is 881. The summed E-state index contributed by atoms with van der Waals surface area (Å²) in [7, 11) is 2.79. The molecule has 0 aliphatic rings. The fraction of sp³-hybridized carbons (Fsp3) is 0.273. The third kappa shape index (κ3) is 6.64. The van der Waals surface area contributed by atoms with Gasteiger partial charge in [0.05, 0.1) is 14.2 Å². The van der Waals surface area contributed by atoms with Crippen LogP contribution in [0.2, 0.25) is 0 Å². The summed E-state index contributed by atoms with van der Waals surface area (Å²) in [5, 5.41) is 0. The number of ether oxygens (including phenoxy) is 3. The van der Waals surface area contributed by atoms with Gasteiger partial charge in [-0.25, -0.2) is 9.18 Å². The first-order valence-electron chi connectivity index (χ1n) is 9.06. The largest absolute Gasteiger partial charge is 0.493 e. The first-order valence-corrected chi connectivity index (χ1v) is 9.06. The number of nitrogens with zero attached hydrogens (tertiary/aromatic N) is 1. The molecule has 0 atom stereocenters.